The third kappa shape index (κ3) is 12.0. The van der Waals surface area contributed by atoms with Gasteiger partial charge in [0, 0.05) is 27.7 Å². The summed E-state index contributed by atoms with van der Waals surface area (Å²) >= 11 is 0. The quantitative estimate of drug-likeness (QED) is 0.110. The maximum atomic E-state index is 14.4. The number of esters is 4. The second-order valence-corrected chi connectivity index (χ2v) is 15.4. The average molecular weight is 905 g/mol. The Bertz CT molecular complexity index is 2140. The van der Waals surface area contributed by atoms with Crippen LogP contribution < -0.4 is 5.32 Å². The molecule has 0 bridgehead atoms. The van der Waals surface area contributed by atoms with E-state index >= 15 is 0 Å². The molecule has 348 valence electrons. The Kier molecular flexibility index (Phi) is 16.5. The molecule has 3 aromatic rings. The topological polar surface area (TPSA) is 227 Å². The van der Waals surface area contributed by atoms with Crippen molar-refractivity contribution in [1.29, 1.82) is 0 Å². The first-order valence-corrected chi connectivity index (χ1v) is 20.9. The third-order valence-corrected chi connectivity index (χ3v) is 10.6. The smallest absolute Gasteiger partial charge is 0.334 e. The van der Waals surface area contributed by atoms with Crippen molar-refractivity contribution in [3.05, 3.63) is 107 Å². The molecule has 65 heavy (non-hydrogen) atoms. The average Bonchev–Trinajstić information content (AvgIpc) is 3.52. The van der Waals surface area contributed by atoms with Gasteiger partial charge in [0.2, 0.25) is 5.91 Å². The molecule has 1 N–H and O–H groups in total. The molecule has 19 nitrogen and oxygen atoms in total. The lowest BCUT2D eigenvalue weighted by molar-refractivity contribution is -0.345. The predicted molar refractivity (Wildman–Crippen MR) is 222 cm³/mol. The van der Waals surface area contributed by atoms with Crippen LogP contribution in [0.5, 0.6) is 0 Å². The number of imide groups is 1. The van der Waals surface area contributed by atoms with Crippen LogP contribution in [-0.4, -0.2) is 134 Å². The van der Waals surface area contributed by atoms with Crippen LogP contribution in [0.4, 0.5) is 0 Å². The minimum Gasteiger partial charge on any atom is -0.467 e. The van der Waals surface area contributed by atoms with Gasteiger partial charge in [0.25, 0.3) is 11.8 Å². The Morgan fingerprint density at radius 1 is 0.662 bits per heavy atom. The Morgan fingerprint density at radius 2 is 1.20 bits per heavy atom. The summed E-state index contributed by atoms with van der Waals surface area (Å²) in [5.74, 6) is -5.54. The first-order valence-electron chi connectivity index (χ1n) is 20.9. The Hall–Kier alpha value is -6.09. The number of ether oxygens (including phenoxy) is 10. The van der Waals surface area contributed by atoms with Gasteiger partial charge in [-0.15, -0.1) is 0 Å². The molecule has 3 amide bonds. The number of hydrogen-bond acceptors (Lipinski definition) is 17. The number of nitrogens with one attached hydrogen (secondary N) is 1. The molecule has 0 spiro atoms. The van der Waals surface area contributed by atoms with Crippen LogP contribution in [0.25, 0.3) is 0 Å². The van der Waals surface area contributed by atoms with Crippen molar-refractivity contribution in [3.63, 3.8) is 0 Å². The zero-order valence-electron chi connectivity index (χ0n) is 36.6. The molecule has 3 aliphatic rings. The van der Waals surface area contributed by atoms with Crippen molar-refractivity contribution < 1.29 is 80.9 Å². The van der Waals surface area contributed by atoms with E-state index in [2.05, 4.69) is 5.32 Å². The van der Waals surface area contributed by atoms with Gasteiger partial charge in [0.05, 0.1) is 38.1 Å². The molecule has 2 saturated heterocycles. The maximum Gasteiger partial charge on any atom is 0.334 e. The van der Waals surface area contributed by atoms with Gasteiger partial charge < -0.3 is 52.7 Å². The molecule has 0 aliphatic carbocycles. The molecule has 3 aliphatic heterocycles. The molecule has 0 saturated carbocycles. The van der Waals surface area contributed by atoms with E-state index in [0.717, 1.165) is 43.9 Å². The lowest BCUT2D eigenvalue weighted by Crippen LogP contribution is -2.71. The molecule has 3 heterocycles. The summed E-state index contributed by atoms with van der Waals surface area (Å²) in [6.45, 7) is 5.18. The Labute approximate surface area is 374 Å². The number of methoxy groups -OCH3 is 1. The van der Waals surface area contributed by atoms with Crippen molar-refractivity contribution in [2.24, 2.45) is 0 Å². The monoisotopic (exact) mass is 904 g/mol. The lowest BCUT2D eigenvalue weighted by atomic mass is 9.93. The van der Waals surface area contributed by atoms with Gasteiger partial charge in [-0.3, -0.25) is 33.7 Å². The standard InChI is InChI=1S/C46H52N2O17/c1-25(44(55)56-6)60-40-36(47-26(2)49)45(59-22-31-17-11-8-12-18-31)63-34(23-57-21-30-15-9-7-10-16-30)38(40)65-46-37(48-42(53)32-19-13-14-20-33(32)43(48)54)41(62-29(5)52)39(61-28(4)51)35(64-46)24-58-27(3)50/h7-20,25,34-41,45-46H,21-24H2,1-6H3,(H,47,49). The molecule has 6 rings (SSSR count). The summed E-state index contributed by atoms with van der Waals surface area (Å²) < 4.78 is 60.9. The van der Waals surface area contributed by atoms with Gasteiger partial charge in [0.1, 0.15) is 43.1 Å². The predicted octanol–water partition coefficient (Wildman–Crippen LogP) is 2.80. The maximum absolute atomic E-state index is 14.4. The number of carbonyl (C=O) groups excluding carboxylic acids is 7. The van der Waals surface area contributed by atoms with Crippen molar-refractivity contribution in [1.82, 2.24) is 10.2 Å². The zero-order chi connectivity index (χ0) is 46.8. The number of fused-ring (bicyclic) bond motifs is 1. The number of nitrogens with zero attached hydrogens (tertiary/aromatic N) is 1. The van der Waals surface area contributed by atoms with Crippen molar-refractivity contribution >= 4 is 41.6 Å². The highest BCUT2D eigenvalue weighted by Crippen LogP contribution is 2.38. The second-order valence-electron chi connectivity index (χ2n) is 15.4. The highest BCUT2D eigenvalue weighted by molar-refractivity contribution is 6.21. The van der Waals surface area contributed by atoms with E-state index in [9.17, 15) is 33.6 Å². The lowest BCUT2D eigenvalue weighted by Gasteiger charge is -2.51. The first kappa shape index (κ1) is 48.4. The Balaban J connectivity index is 1.50. The fourth-order valence-electron chi connectivity index (χ4n) is 7.87. The summed E-state index contributed by atoms with van der Waals surface area (Å²) in [6.07, 6.45) is -13.3. The van der Waals surface area contributed by atoms with Crippen molar-refractivity contribution in [2.45, 2.75) is 115 Å². The van der Waals surface area contributed by atoms with Gasteiger partial charge >= 0.3 is 23.9 Å². The summed E-state index contributed by atoms with van der Waals surface area (Å²) in [7, 11) is 1.16. The molecule has 0 aromatic heterocycles. The SMILES string of the molecule is COC(=O)C(C)OC1C(NC(C)=O)C(OCc2ccccc2)OC(COCc2ccccc2)C1OC1OC(COC(C)=O)C(OC(C)=O)C(OC(C)=O)C1N1C(=O)c2ccccc2C1=O. The molecule has 2 fully saturated rings. The van der Waals surface area contributed by atoms with Crippen molar-refractivity contribution in [3.8, 4) is 0 Å². The van der Waals surface area contributed by atoms with E-state index < -0.39 is 116 Å². The molecule has 0 radical (unpaired) electrons. The molecular formula is C46H52N2O17. The van der Waals surface area contributed by atoms with Gasteiger partial charge in [-0.05, 0) is 30.2 Å². The molecule has 19 heteroatoms. The Morgan fingerprint density at radius 3 is 1.75 bits per heavy atom. The van der Waals surface area contributed by atoms with E-state index in [4.69, 9.17) is 47.4 Å². The van der Waals surface area contributed by atoms with E-state index in [-0.39, 0.29) is 30.9 Å². The van der Waals surface area contributed by atoms with Crippen LogP contribution in [0.15, 0.2) is 84.9 Å². The van der Waals surface area contributed by atoms with E-state index in [1.165, 1.54) is 26.0 Å². The largest absolute Gasteiger partial charge is 0.467 e. The highest BCUT2D eigenvalue weighted by Gasteiger charge is 2.60. The normalized spacial score (nSPS) is 26.6. The molecule has 11 atom stereocenters. The van der Waals surface area contributed by atoms with Gasteiger partial charge in [0.15, 0.2) is 30.9 Å². The van der Waals surface area contributed by atoms with Gasteiger partial charge in [-0.1, -0.05) is 72.8 Å². The highest BCUT2D eigenvalue weighted by atomic mass is 16.7. The van der Waals surface area contributed by atoms with Crippen LogP contribution in [0.2, 0.25) is 0 Å². The summed E-state index contributed by atoms with van der Waals surface area (Å²) in [4.78, 5) is 93.5. The van der Waals surface area contributed by atoms with Crippen molar-refractivity contribution in [2.75, 3.05) is 20.3 Å². The van der Waals surface area contributed by atoms with E-state index in [0.29, 0.717) is 0 Å². The number of hydrogen-bond donors (Lipinski definition) is 1. The van der Waals surface area contributed by atoms with Crippen LogP contribution in [-0.2, 0) is 84.6 Å². The number of rotatable bonds is 18. The number of amides is 3. The van der Waals surface area contributed by atoms with Gasteiger partial charge in [-0.25, -0.2) is 4.79 Å². The van der Waals surface area contributed by atoms with Gasteiger partial charge in [-0.2, -0.15) is 0 Å². The third-order valence-electron chi connectivity index (χ3n) is 10.6. The van der Waals surface area contributed by atoms with E-state index in [1.807, 2.05) is 60.7 Å². The number of carbonyl (C=O) groups is 7. The number of benzene rings is 3. The van der Waals surface area contributed by atoms with Crippen LogP contribution in [0, 0.1) is 0 Å². The molecule has 11 unspecified atom stereocenters. The second kappa shape index (κ2) is 22.2. The fourth-order valence-corrected chi connectivity index (χ4v) is 7.87. The minimum absolute atomic E-state index is 0.00301. The summed E-state index contributed by atoms with van der Waals surface area (Å²) in [6, 6.07) is 21.3. The zero-order valence-corrected chi connectivity index (χ0v) is 36.6. The molecule has 3 aromatic carbocycles. The molecular weight excluding hydrogens is 853 g/mol. The first-order chi connectivity index (χ1) is 31.2. The summed E-state index contributed by atoms with van der Waals surface area (Å²) in [5, 5.41) is 2.82. The summed E-state index contributed by atoms with van der Waals surface area (Å²) in [5.41, 5.74) is 1.57. The van der Waals surface area contributed by atoms with Crippen LogP contribution in [0.1, 0.15) is 66.5 Å². The van der Waals surface area contributed by atoms with E-state index in [1.54, 1.807) is 12.1 Å². The van der Waals surface area contributed by atoms with Crippen LogP contribution >= 0.6 is 0 Å². The van der Waals surface area contributed by atoms with Crippen LogP contribution in [0.3, 0.4) is 0 Å². The minimum atomic E-state index is -1.85. The fraction of sp³-hybridized carbons (Fsp3) is 0.457.